The number of carbonyl (C=O) groups is 1. The molecule has 3 atom stereocenters. The van der Waals surface area contributed by atoms with Crippen molar-refractivity contribution < 1.29 is 14.6 Å². The number of carboxylic acids is 1. The van der Waals surface area contributed by atoms with Gasteiger partial charge in [0.2, 0.25) is 0 Å². The molecule has 0 saturated heterocycles. The summed E-state index contributed by atoms with van der Waals surface area (Å²) < 4.78 is 6.61. The Morgan fingerprint density at radius 1 is 1.27 bits per heavy atom. The Morgan fingerprint density at radius 2 is 2.08 bits per heavy atom. The zero-order chi connectivity index (χ0) is 18.4. The standard InChI is InChI=1S/C21H20BrNO3/c1-11-13(21(24)25)7-8-16-14-4-3-5-15(14)20(23-19(11)16)17-10-12(22)6-9-18(17)26-2/h3-4,6-10,14-15,20,23H,5H2,1-2H3,(H,24,25)/t14-,15+,20-/m1/s1. The van der Waals surface area contributed by atoms with Crippen LogP contribution in [-0.4, -0.2) is 18.2 Å². The van der Waals surface area contributed by atoms with E-state index in [4.69, 9.17) is 4.74 Å². The third-order valence-electron chi connectivity index (χ3n) is 5.55. The number of hydrogen-bond acceptors (Lipinski definition) is 3. The van der Waals surface area contributed by atoms with Crippen LogP contribution in [0.15, 0.2) is 47.0 Å². The normalized spacial score (nSPS) is 23.1. The fraction of sp³-hybridized carbons (Fsp3) is 0.286. The summed E-state index contributed by atoms with van der Waals surface area (Å²) in [6, 6.07) is 9.76. The summed E-state index contributed by atoms with van der Waals surface area (Å²) >= 11 is 3.56. The number of ether oxygens (including phenoxy) is 1. The minimum absolute atomic E-state index is 0.0534. The smallest absolute Gasteiger partial charge is 0.336 e. The summed E-state index contributed by atoms with van der Waals surface area (Å²) in [4.78, 5) is 11.6. The zero-order valence-electron chi connectivity index (χ0n) is 14.6. The van der Waals surface area contributed by atoms with Gasteiger partial charge in [-0.2, -0.15) is 0 Å². The molecule has 0 radical (unpaired) electrons. The molecule has 2 aliphatic rings. The second-order valence-electron chi connectivity index (χ2n) is 6.87. The van der Waals surface area contributed by atoms with Gasteiger partial charge < -0.3 is 15.2 Å². The van der Waals surface area contributed by atoms with Crippen LogP contribution in [0, 0.1) is 12.8 Å². The molecule has 1 aliphatic heterocycles. The van der Waals surface area contributed by atoms with Crippen LogP contribution in [0.2, 0.25) is 0 Å². The second-order valence-corrected chi connectivity index (χ2v) is 7.78. The molecule has 4 rings (SSSR count). The van der Waals surface area contributed by atoms with Crippen molar-refractivity contribution in [1.29, 1.82) is 0 Å². The third-order valence-corrected chi connectivity index (χ3v) is 6.05. The van der Waals surface area contributed by atoms with Crippen molar-refractivity contribution in [1.82, 2.24) is 0 Å². The average Bonchev–Trinajstić information content (AvgIpc) is 3.11. The predicted molar refractivity (Wildman–Crippen MR) is 105 cm³/mol. The van der Waals surface area contributed by atoms with E-state index < -0.39 is 5.97 Å². The zero-order valence-corrected chi connectivity index (χ0v) is 16.2. The minimum atomic E-state index is -0.896. The van der Waals surface area contributed by atoms with E-state index in [0.29, 0.717) is 11.5 Å². The number of carboxylic acid groups (broad SMARTS) is 1. The second kappa shape index (κ2) is 6.47. The van der Waals surface area contributed by atoms with Crippen LogP contribution < -0.4 is 10.1 Å². The van der Waals surface area contributed by atoms with Gasteiger partial charge in [-0.25, -0.2) is 4.79 Å². The van der Waals surface area contributed by atoms with Crippen LogP contribution in [0.5, 0.6) is 5.75 Å². The molecule has 0 bridgehead atoms. The maximum absolute atomic E-state index is 11.6. The SMILES string of the molecule is COc1ccc(Br)cc1[C@@H]1Nc2c(ccc(C(=O)O)c2C)[C@@H]2C=CC[C@@H]21. The number of methoxy groups -OCH3 is 1. The number of allylic oxidation sites excluding steroid dienone is 2. The van der Waals surface area contributed by atoms with Gasteiger partial charge in [0.05, 0.1) is 18.7 Å². The van der Waals surface area contributed by atoms with E-state index in [9.17, 15) is 9.90 Å². The maximum atomic E-state index is 11.6. The Morgan fingerprint density at radius 3 is 2.81 bits per heavy atom. The summed E-state index contributed by atoms with van der Waals surface area (Å²) in [7, 11) is 1.68. The van der Waals surface area contributed by atoms with E-state index in [1.165, 1.54) is 5.56 Å². The van der Waals surface area contributed by atoms with Crippen LogP contribution in [0.3, 0.4) is 0 Å². The molecule has 2 N–H and O–H groups in total. The summed E-state index contributed by atoms with van der Waals surface area (Å²) in [5.74, 6) is 0.599. The lowest BCUT2D eigenvalue weighted by Crippen LogP contribution is -2.30. The summed E-state index contributed by atoms with van der Waals surface area (Å²) in [6.07, 6.45) is 5.46. The monoisotopic (exact) mass is 413 g/mol. The number of hydrogen-bond donors (Lipinski definition) is 2. The molecule has 5 heteroatoms. The molecule has 0 spiro atoms. The highest BCUT2D eigenvalue weighted by molar-refractivity contribution is 9.10. The highest BCUT2D eigenvalue weighted by Crippen LogP contribution is 2.52. The van der Waals surface area contributed by atoms with E-state index in [1.807, 2.05) is 25.1 Å². The maximum Gasteiger partial charge on any atom is 0.336 e. The summed E-state index contributed by atoms with van der Waals surface area (Å²) in [6.45, 7) is 1.88. The molecule has 0 amide bonds. The topological polar surface area (TPSA) is 58.6 Å². The van der Waals surface area contributed by atoms with E-state index in [-0.39, 0.29) is 12.0 Å². The lowest BCUT2D eigenvalue weighted by molar-refractivity contribution is 0.0696. The number of anilines is 1. The van der Waals surface area contributed by atoms with Crippen LogP contribution in [0.1, 0.15) is 45.4 Å². The van der Waals surface area contributed by atoms with Gasteiger partial charge in [0.25, 0.3) is 0 Å². The van der Waals surface area contributed by atoms with Crippen molar-refractivity contribution in [2.75, 3.05) is 12.4 Å². The number of aromatic carboxylic acids is 1. The molecule has 0 saturated carbocycles. The van der Waals surface area contributed by atoms with Gasteiger partial charge in [-0.15, -0.1) is 0 Å². The van der Waals surface area contributed by atoms with Gasteiger partial charge >= 0.3 is 5.97 Å². The molecular formula is C21H20BrNO3. The summed E-state index contributed by atoms with van der Waals surface area (Å²) in [5.41, 5.74) is 4.33. The molecule has 0 fully saturated rings. The van der Waals surface area contributed by atoms with Gasteiger partial charge in [-0.3, -0.25) is 0 Å². The van der Waals surface area contributed by atoms with Crippen molar-refractivity contribution >= 4 is 27.6 Å². The first-order valence-electron chi connectivity index (χ1n) is 8.64. The van der Waals surface area contributed by atoms with Crippen molar-refractivity contribution in [3.8, 4) is 5.75 Å². The van der Waals surface area contributed by atoms with E-state index >= 15 is 0 Å². The first-order chi connectivity index (χ1) is 12.5. The average molecular weight is 414 g/mol. The predicted octanol–water partition coefficient (Wildman–Crippen LogP) is 5.29. The number of fused-ring (bicyclic) bond motifs is 3. The molecule has 1 aliphatic carbocycles. The molecule has 2 aromatic carbocycles. The number of halogens is 1. The first-order valence-corrected chi connectivity index (χ1v) is 9.44. The largest absolute Gasteiger partial charge is 0.496 e. The Labute approximate surface area is 161 Å². The van der Waals surface area contributed by atoms with Gasteiger partial charge in [-0.05, 0) is 54.7 Å². The van der Waals surface area contributed by atoms with Gasteiger partial charge in [0, 0.05) is 21.6 Å². The van der Waals surface area contributed by atoms with Gasteiger partial charge in [0.15, 0.2) is 0 Å². The van der Waals surface area contributed by atoms with Crippen LogP contribution in [0.25, 0.3) is 0 Å². The quantitative estimate of drug-likeness (QED) is 0.670. The Kier molecular flexibility index (Phi) is 4.27. The molecule has 0 unspecified atom stereocenters. The van der Waals surface area contributed by atoms with E-state index in [2.05, 4.69) is 39.5 Å². The van der Waals surface area contributed by atoms with Gasteiger partial charge in [0.1, 0.15) is 5.75 Å². The van der Waals surface area contributed by atoms with E-state index in [1.54, 1.807) is 13.2 Å². The number of nitrogens with one attached hydrogen (secondary N) is 1. The van der Waals surface area contributed by atoms with Crippen LogP contribution >= 0.6 is 15.9 Å². The lowest BCUT2D eigenvalue weighted by atomic mass is 9.75. The van der Waals surface area contributed by atoms with Crippen molar-refractivity contribution in [2.45, 2.75) is 25.3 Å². The molecular weight excluding hydrogens is 394 g/mol. The minimum Gasteiger partial charge on any atom is -0.496 e. The van der Waals surface area contributed by atoms with Crippen LogP contribution in [0.4, 0.5) is 5.69 Å². The Bertz CT molecular complexity index is 922. The Hall–Kier alpha value is -2.27. The molecule has 134 valence electrons. The highest BCUT2D eigenvalue weighted by atomic mass is 79.9. The third kappa shape index (κ3) is 2.62. The number of benzene rings is 2. The lowest BCUT2D eigenvalue weighted by Gasteiger charge is -2.39. The molecule has 26 heavy (non-hydrogen) atoms. The number of rotatable bonds is 3. The molecule has 1 heterocycles. The van der Waals surface area contributed by atoms with Crippen molar-refractivity contribution in [3.05, 3.63) is 69.2 Å². The van der Waals surface area contributed by atoms with Gasteiger partial charge in [-0.1, -0.05) is 34.1 Å². The summed E-state index contributed by atoms with van der Waals surface area (Å²) in [5, 5.41) is 13.1. The fourth-order valence-electron chi connectivity index (χ4n) is 4.30. The molecule has 4 nitrogen and oxygen atoms in total. The first kappa shape index (κ1) is 17.2. The highest BCUT2D eigenvalue weighted by Gasteiger charge is 2.40. The molecule has 2 aromatic rings. The van der Waals surface area contributed by atoms with E-state index in [0.717, 1.165) is 33.5 Å². The Balaban J connectivity index is 1.87. The van der Waals surface area contributed by atoms with Crippen molar-refractivity contribution in [2.24, 2.45) is 5.92 Å². The van der Waals surface area contributed by atoms with Crippen LogP contribution in [-0.2, 0) is 0 Å². The molecule has 0 aromatic heterocycles. The van der Waals surface area contributed by atoms with Crippen molar-refractivity contribution in [3.63, 3.8) is 0 Å². The fourth-order valence-corrected chi connectivity index (χ4v) is 4.68.